The minimum Gasteiger partial charge on any atom is -0.493 e. The number of benzene rings is 1. The highest BCUT2D eigenvalue weighted by atomic mass is 19.1. The van der Waals surface area contributed by atoms with Gasteiger partial charge in [0, 0.05) is 12.0 Å². The third-order valence-corrected chi connectivity index (χ3v) is 1.74. The van der Waals surface area contributed by atoms with Crippen molar-refractivity contribution in [3.8, 4) is 17.6 Å². The Hall–Kier alpha value is -1.53. The van der Waals surface area contributed by atoms with Gasteiger partial charge in [-0.2, -0.15) is 0 Å². The normalized spacial score (nSPS) is 9.20. The molecule has 0 saturated carbocycles. The largest absolute Gasteiger partial charge is 0.493 e. The van der Waals surface area contributed by atoms with E-state index in [9.17, 15) is 4.39 Å². The van der Waals surface area contributed by atoms with Crippen LogP contribution in [-0.4, -0.2) is 19.8 Å². The fourth-order valence-corrected chi connectivity index (χ4v) is 1.03. The Morgan fingerprint density at radius 3 is 2.60 bits per heavy atom. The van der Waals surface area contributed by atoms with E-state index in [2.05, 4.69) is 11.8 Å². The Morgan fingerprint density at radius 1 is 1.27 bits per heavy atom. The average molecular weight is 207 g/mol. The average Bonchev–Trinajstić information content (AvgIpc) is 2.28. The van der Waals surface area contributed by atoms with Crippen molar-refractivity contribution in [3.63, 3.8) is 0 Å². The van der Waals surface area contributed by atoms with Crippen molar-refractivity contribution in [2.45, 2.75) is 6.42 Å². The molecule has 1 rings (SSSR count). The second-order valence-electron chi connectivity index (χ2n) is 2.92. The van der Waals surface area contributed by atoms with Gasteiger partial charge in [-0.1, -0.05) is 11.8 Å². The summed E-state index contributed by atoms with van der Waals surface area (Å²) >= 11 is 0. The number of rotatable bonds is 4. The van der Waals surface area contributed by atoms with Gasteiger partial charge in [-0.05, 0) is 24.3 Å². The molecule has 15 heavy (non-hydrogen) atoms. The summed E-state index contributed by atoms with van der Waals surface area (Å²) in [6, 6.07) is 7.35. The van der Waals surface area contributed by atoms with Crippen LogP contribution < -0.4 is 10.5 Å². The summed E-state index contributed by atoms with van der Waals surface area (Å²) in [5.41, 5.74) is 6.15. The molecule has 0 radical (unpaired) electrons. The van der Waals surface area contributed by atoms with E-state index in [4.69, 9.17) is 10.5 Å². The molecule has 0 unspecified atom stereocenters. The van der Waals surface area contributed by atoms with Gasteiger partial charge in [-0.15, -0.1) is 0 Å². The van der Waals surface area contributed by atoms with E-state index in [1.54, 1.807) is 0 Å². The van der Waals surface area contributed by atoms with Gasteiger partial charge in [-0.3, -0.25) is 4.39 Å². The van der Waals surface area contributed by atoms with Crippen LogP contribution in [0.1, 0.15) is 12.0 Å². The highest BCUT2D eigenvalue weighted by Gasteiger charge is 1.93. The quantitative estimate of drug-likeness (QED) is 0.603. The van der Waals surface area contributed by atoms with Gasteiger partial charge in [0.1, 0.15) is 5.75 Å². The predicted octanol–water partition coefficient (Wildman–Crippen LogP) is 1.74. The summed E-state index contributed by atoms with van der Waals surface area (Å²) in [6.07, 6.45) is 0.425. The summed E-state index contributed by atoms with van der Waals surface area (Å²) in [4.78, 5) is 0. The first-order valence-electron chi connectivity index (χ1n) is 4.84. The van der Waals surface area contributed by atoms with Gasteiger partial charge in [0.25, 0.3) is 0 Å². The van der Waals surface area contributed by atoms with Crippen LogP contribution in [0.2, 0.25) is 0 Å². The fourth-order valence-electron chi connectivity index (χ4n) is 1.03. The molecule has 0 bridgehead atoms. The maximum atomic E-state index is 11.8. The Kier molecular flexibility index (Phi) is 5.28. The van der Waals surface area contributed by atoms with Gasteiger partial charge in [0.05, 0.1) is 19.8 Å². The number of ether oxygens (including phenoxy) is 1. The summed E-state index contributed by atoms with van der Waals surface area (Å²) in [5, 5.41) is 0. The fraction of sp³-hybridized carbons (Fsp3) is 0.333. The molecule has 0 aliphatic rings. The Morgan fingerprint density at radius 2 is 2.00 bits per heavy atom. The summed E-state index contributed by atoms with van der Waals surface area (Å²) in [5.74, 6) is 6.41. The van der Waals surface area contributed by atoms with Gasteiger partial charge < -0.3 is 10.5 Å². The van der Waals surface area contributed by atoms with E-state index in [0.29, 0.717) is 19.6 Å². The number of nitrogens with two attached hydrogens (primary N) is 1. The summed E-state index contributed by atoms with van der Waals surface area (Å²) in [6.45, 7) is 0.416. The van der Waals surface area contributed by atoms with Crippen molar-refractivity contribution in [2.75, 3.05) is 19.8 Å². The zero-order chi connectivity index (χ0) is 10.9. The Bertz CT molecular complexity index is 337. The zero-order valence-electron chi connectivity index (χ0n) is 8.50. The smallest absolute Gasteiger partial charge is 0.119 e. The third kappa shape index (κ3) is 4.48. The molecule has 3 heteroatoms. The van der Waals surface area contributed by atoms with Crippen LogP contribution in [0.5, 0.6) is 5.75 Å². The number of alkyl halides is 1. The van der Waals surface area contributed by atoms with Gasteiger partial charge in [0.15, 0.2) is 0 Å². The van der Waals surface area contributed by atoms with Crippen molar-refractivity contribution in [2.24, 2.45) is 5.73 Å². The maximum Gasteiger partial charge on any atom is 0.119 e. The molecular formula is C12H14FNO. The minimum atomic E-state index is -0.347. The van der Waals surface area contributed by atoms with Crippen molar-refractivity contribution in [1.82, 2.24) is 0 Å². The topological polar surface area (TPSA) is 35.2 Å². The van der Waals surface area contributed by atoms with E-state index in [1.165, 1.54) is 0 Å². The number of hydrogen-bond acceptors (Lipinski definition) is 2. The molecule has 1 aromatic carbocycles. The molecule has 80 valence electrons. The van der Waals surface area contributed by atoms with Crippen molar-refractivity contribution < 1.29 is 9.13 Å². The predicted molar refractivity (Wildman–Crippen MR) is 58.5 cm³/mol. The number of hydrogen-bond donors (Lipinski definition) is 1. The molecule has 0 atom stereocenters. The summed E-state index contributed by atoms with van der Waals surface area (Å²) < 4.78 is 17.1. The van der Waals surface area contributed by atoms with Crippen molar-refractivity contribution >= 4 is 0 Å². The monoisotopic (exact) mass is 207 g/mol. The lowest BCUT2D eigenvalue weighted by Gasteiger charge is -2.03. The molecule has 2 N–H and O–H groups in total. The first-order chi connectivity index (χ1) is 7.36. The van der Waals surface area contributed by atoms with Crippen LogP contribution in [0.25, 0.3) is 0 Å². The minimum absolute atomic E-state index is 0.347. The van der Waals surface area contributed by atoms with E-state index in [1.807, 2.05) is 24.3 Å². The standard InChI is InChI=1S/C12H14FNO/c13-8-2-10-15-12-6-4-11(5-7-12)3-1-9-14/h4-7H,2,8-10,14H2. The molecule has 0 fully saturated rings. The molecule has 0 aliphatic heterocycles. The van der Waals surface area contributed by atoms with E-state index >= 15 is 0 Å². The van der Waals surface area contributed by atoms with Crippen LogP contribution >= 0.6 is 0 Å². The summed E-state index contributed by atoms with van der Waals surface area (Å²) in [7, 11) is 0. The van der Waals surface area contributed by atoms with Crippen molar-refractivity contribution in [3.05, 3.63) is 29.8 Å². The SMILES string of the molecule is NCC#Cc1ccc(OCCCF)cc1. The van der Waals surface area contributed by atoms with E-state index < -0.39 is 0 Å². The van der Waals surface area contributed by atoms with Gasteiger partial charge >= 0.3 is 0 Å². The molecule has 0 aliphatic carbocycles. The molecular weight excluding hydrogens is 193 g/mol. The molecule has 2 nitrogen and oxygen atoms in total. The van der Waals surface area contributed by atoms with E-state index in [-0.39, 0.29) is 6.67 Å². The van der Waals surface area contributed by atoms with Crippen LogP contribution in [0.15, 0.2) is 24.3 Å². The first kappa shape index (κ1) is 11.5. The Labute approximate surface area is 89.2 Å². The van der Waals surface area contributed by atoms with Crippen LogP contribution in [0, 0.1) is 11.8 Å². The lowest BCUT2D eigenvalue weighted by atomic mass is 10.2. The molecule has 0 amide bonds. The van der Waals surface area contributed by atoms with Crippen LogP contribution in [0.3, 0.4) is 0 Å². The molecule has 0 saturated heterocycles. The number of halogens is 1. The van der Waals surface area contributed by atoms with Crippen LogP contribution in [0.4, 0.5) is 4.39 Å². The van der Waals surface area contributed by atoms with Crippen LogP contribution in [-0.2, 0) is 0 Å². The molecule has 0 aromatic heterocycles. The maximum absolute atomic E-state index is 11.8. The molecule has 1 aromatic rings. The van der Waals surface area contributed by atoms with Gasteiger partial charge in [-0.25, -0.2) is 0 Å². The highest BCUT2D eigenvalue weighted by Crippen LogP contribution is 2.11. The third-order valence-electron chi connectivity index (χ3n) is 1.74. The second kappa shape index (κ2) is 6.86. The lowest BCUT2D eigenvalue weighted by molar-refractivity contribution is 0.289. The Balaban J connectivity index is 2.49. The zero-order valence-corrected chi connectivity index (χ0v) is 8.50. The molecule has 0 heterocycles. The first-order valence-corrected chi connectivity index (χ1v) is 4.84. The highest BCUT2D eigenvalue weighted by molar-refractivity contribution is 5.38. The van der Waals surface area contributed by atoms with Gasteiger partial charge in [0.2, 0.25) is 0 Å². The molecule has 0 spiro atoms. The van der Waals surface area contributed by atoms with Crippen molar-refractivity contribution in [1.29, 1.82) is 0 Å². The van der Waals surface area contributed by atoms with E-state index in [0.717, 1.165) is 11.3 Å². The lowest BCUT2D eigenvalue weighted by Crippen LogP contribution is -1.97. The second-order valence-corrected chi connectivity index (χ2v) is 2.92.